The van der Waals surface area contributed by atoms with E-state index in [0.717, 1.165) is 6.08 Å². The van der Waals surface area contributed by atoms with Crippen molar-refractivity contribution in [3.63, 3.8) is 0 Å². The van der Waals surface area contributed by atoms with Gasteiger partial charge in [-0.05, 0) is 41.5 Å². The second kappa shape index (κ2) is 19.0. The van der Waals surface area contributed by atoms with Crippen LogP contribution in [-0.2, 0) is 31.2 Å². The van der Waals surface area contributed by atoms with E-state index in [1.165, 1.54) is 6.92 Å². The minimum atomic E-state index is -0.502. The number of allylic oxidation sites excluding steroid dienone is 1. The molecule has 0 spiro atoms. The first-order valence-corrected chi connectivity index (χ1v) is 5.53. The van der Waals surface area contributed by atoms with Crippen molar-refractivity contribution in [2.75, 3.05) is 6.61 Å². The summed E-state index contributed by atoms with van der Waals surface area (Å²) in [6, 6.07) is 0. The van der Waals surface area contributed by atoms with E-state index >= 15 is 0 Å². The van der Waals surface area contributed by atoms with E-state index in [-0.39, 0.29) is 39.7 Å². The van der Waals surface area contributed by atoms with Crippen LogP contribution < -0.4 is 0 Å². The Morgan fingerprint density at radius 1 is 1.17 bits per heavy atom. The van der Waals surface area contributed by atoms with Gasteiger partial charge in [0.25, 0.3) is 0 Å². The van der Waals surface area contributed by atoms with Crippen LogP contribution in [0.2, 0.25) is 0 Å². The van der Waals surface area contributed by atoms with Crippen LogP contribution in [0.1, 0.15) is 41.5 Å². The molecule has 0 aromatic carbocycles. The molecule has 0 fully saturated rings. The number of aliphatic hydroxyl groups excluding tert-OH is 3. The van der Waals surface area contributed by atoms with Gasteiger partial charge in [0, 0.05) is 33.9 Å². The smallest absolute Gasteiger partial charge is 0.334 e. The van der Waals surface area contributed by atoms with E-state index in [1.807, 2.05) is 0 Å². The Morgan fingerprint density at radius 3 is 1.61 bits per heavy atom. The molecule has 18 heavy (non-hydrogen) atoms. The van der Waals surface area contributed by atoms with E-state index in [2.05, 4.69) is 4.74 Å². The molecule has 0 heterocycles. The Labute approximate surface area is 125 Å². The first-order chi connectivity index (χ1) is 7.63. The normalized spacial score (nSPS) is 9.56. The molecule has 0 rings (SSSR count). The molecule has 3 N–H and O–H groups in total. The molecule has 0 aliphatic carbocycles. The average Bonchev–Trinajstić information content (AvgIpc) is 1.99. The predicted octanol–water partition coefficient (Wildman–Crippen LogP) is 1.78. The molecule has 108 valence electrons. The van der Waals surface area contributed by atoms with Crippen molar-refractivity contribution in [1.82, 2.24) is 0 Å². The summed E-state index contributed by atoms with van der Waals surface area (Å²) in [4.78, 5) is 10.4. The van der Waals surface area contributed by atoms with Crippen molar-refractivity contribution in [3.05, 3.63) is 11.8 Å². The first-order valence-electron chi connectivity index (χ1n) is 5.53. The molecule has 0 bridgehead atoms. The predicted molar refractivity (Wildman–Crippen MR) is 67.7 cm³/mol. The van der Waals surface area contributed by atoms with Gasteiger partial charge in [0.05, 0.1) is 18.4 Å². The fraction of sp³-hybridized carbons (Fsp3) is 0.750. The third-order valence-electron chi connectivity index (χ3n) is 0.613. The molecule has 6 heteroatoms. The Morgan fingerprint density at radius 2 is 1.44 bits per heavy atom. The fourth-order valence-corrected chi connectivity index (χ4v) is 0.354. The van der Waals surface area contributed by atoms with Gasteiger partial charge in [-0.3, -0.25) is 0 Å². The maximum atomic E-state index is 10.4. The van der Waals surface area contributed by atoms with Crippen LogP contribution in [0.15, 0.2) is 11.8 Å². The summed E-state index contributed by atoms with van der Waals surface area (Å²) in [5, 5.41) is 24.6. The molecule has 0 unspecified atom stereocenters. The van der Waals surface area contributed by atoms with Gasteiger partial charge >= 0.3 is 5.97 Å². The van der Waals surface area contributed by atoms with E-state index in [4.69, 9.17) is 15.3 Å². The zero-order valence-corrected chi connectivity index (χ0v) is 13.7. The second-order valence-corrected chi connectivity index (χ2v) is 3.73. The maximum Gasteiger partial charge on any atom is 0.334 e. The summed E-state index contributed by atoms with van der Waals surface area (Å²) in [6.07, 6.45) is 0.698. The monoisotopic (exact) mass is 298 g/mol. The Hall–Kier alpha value is -0.356. The van der Waals surface area contributed by atoms with Crippen LogP contribution in [0.5, 0.6) is 0 Å². The van der Waals surface area contributed by atoms with E-state index in [9.17, 15) is 4.79 Å². The van der Waals surface area contributed by atoms with Crippen molar-refractivity contribution in [1.29, 1.82) is 0 Å². The van der Waals surface area contributed by atoms with E-state index in [0.29, 0.717) is 6.61 Å². The molecule has 0 atom stereocenters. The Balaban J connectivity index is -0.0000000922. The van der Waals surface area contributed by atoms with Crippen LogP contribution in [-0.4, -0.2) is 40.1 Å². The quantitative estimate of drug-likeness (QED) is 0.313. The molecule has 0 amide bonds. The Kier molecular flexibility index (Phi) is 27.7. The van der Waals surface area contributed by atoms with E-state index < -0.39 is 5.97 Å². The molecule has 5 nitrogen and oxygen atoms in total. The molecular formula is C12H26O5Ti. The number of aliphatic hydroxyl groups is 3. The average molecular weight is 298 g/mol. The van der Waals surface area contributed by atoms with Crippen molar-refractivity contribution in [2.45, 2.75) is 53.8 Å². The summed E-state index contributed by atoms with van der Waals surface area (Å²) >= 11 is 0. The van der Waals surface area contributed by atoms with Crippen molar-refractivity contribution in [3.8, 4) is 0 Å². The standard InChI is InChI=1S/C6H10O3.2C3H8O.Ti/c1-3-9-6(8)4-5(2)7;2*1-3(2)4;/h4,7H,3H2,1-2H3;2*3-4H,1-2H3;/b5-4-;;;. The van der Waals surface area contributed by atoms with Crippen molar-refractivity contribution < 1.29 is 46.6 Å². The van der Waals surface area contributed by atoms with E-state index in [1.54, 1.807) is 34.6 Å². The van der Waals surface area contributed by atoms with Crippen LogP contribution in [0.25, 0.3) is 0 Å². The van der Waals surface area contributed by atoms with Gasteiger partial charge in [0.2, 0.25) is 0 Å². The molecular weight excluding hydrogens is 272 g/mol. The summed E-state index contributed by atoms with van der Waals surface area (Å²) in [6.45, 7) is 10.3. The van der Waals surface area contributed by atoms with Gasteiger partial charge in [0.1, 0.15) is 0 Å². The van der Waals surface area contributed by atoms with Crippen LogP contribution in [0.4, 0.5) is 0 Å². The number of rotatable bonds is 2. The third-order valence-corrected chi connectivity index (χ3v) is 0.613. The molecule has 0 aliphatic heterocycles. The minimum Gasteiger partial charge on any atom is -0.512 e. The zero-order chi connectivity index (χ0) is 14.4. The summed E-state index contributed by atoms with van der Waals surface area (Å²) in [5.74, 6) is -0.536. The summed E-state index contributed by atoms with van der Waals surface area (Å²) in [7, 11) is 0. The van der Waals surface area contributed by atoms with Gasteiger partial charge in [-0.2, -0.15) is 0 Å². The number of ether oxygens (including phenoxy) is 1. The maximum absolute atomic E-state index is 10.4. The molecule has 0 aromatic rings. The first kappa shape index (κ1) is 26.3. The van der Waals surface area contributed by atoms with Gasteiger partial charge in [-0.1, -0.05) is 0 Å². The van der Waals surface area contributed by atoms with Crippen LogP contribution >= 0.6 is 0 Å². The van der Waals surface area contributed by atoms with Gasteiger partial charge in [-0.25, -0.2) is 4.79 Å². The number of carbonyl (C=O) groups excluding carboxylic acids is 1. The summed E-state index contributed by atoms with van der Waals surface area (Å²) < 4.78 is 4.48. The molecule has 0 radical (unpaired) electrons. The second-order valence-electron chi connectivity index (χ2n) is 3.73. The Bertz CT molecular complexity index is 187. The molecule has 0 saturated heterocycles. The zero-order valence-electron chi connectivity index (χ0n) is 12.1. The van der Waals surface area contributed by atoms with Crippen LogP contribution in [0.3, 0.4) is 0 Å². The fourth-order valence-electron chi connectivity index (χ4n) is 0.354. The molecule has 0 saturated carbocycles. The minimum absolute atomic E-state index is 0. The topological polar surface area (TPSA) is 87.0 Å². The largest absolute Gasteiger partial charge is 0.512 e. The van der Waals surface area contributed by atoms with Crippen LogP contribution in [0, 0.1) is 0 Å². The number of hydrogen-bond acceptors (Lipinski definition) is 5. The SMILES string of the molecule is CC(C)O.CC(C)O.CCOC(=O)/C=C(/C)O.[Ti]. The number of carbonyl (C=O) groups is 1. The van der Waals surface area contributed by atoms with Crippen molar-refractivity contribution in [2.24, 2.45) is 0 Å². The third kappa shape index (κ3) is 76.0. The molecule has 0 aliphatic rings. The molecule has 0 aromatic heterocycles. The van der Waals surface area contributed by atoms with Gasteiger partial charge < -0.3 is 20.1 Å². The number of hydrogen-bond donors (Lipinski definition) is 3. The van der Waals surface area contributed by atoms with Crippen molar-refractivity contribution >= 4 is 5.97 Å². The van der Waals surface area contributed by atoms with Gasteiger partial charge in [-0.15, -0.1) is 0 Å². The number of esters is 1. The van der Waals surface area contributed by atoms with Gasteiger partial charge in [0.15, 0.2) is 0 Å². The summed E-state index contributed by atoms with van der Waals surface area (Å²) in [5.41, 5.74) is 0.